The highest BCUT2D eigenvalue weighted by molar-refractivity contribution is 5.80. The van der Waals surface area contributed by atoms with Gasteiger partial charge in [0.2, 0.25) is 0 Å². The van der Waals surface area contributed by atoms with Crippen molar-refractivity contribution in [2.45, 2.75) is 50.6 Å². The average Bonchev–Trinajstić information content (AvgIpc) is 3.13. The Bertz CT molecular complexity index is 340. The Morgan fingerprint density at radius 1 is 1.33 bits per heavy atom. The minimum atomic E-state index is -0.544. The third kappa shape index (κ3) is 5.24. The summed E-state index contributed by atoms with van der Waals surface area (Å²) in [5.41, 5.74) is -0.544. The zero-order valence-corrected chi connectivity index (χ0v) is 13.9. The Labute approximate surface area is 129 Å². The number of likely N-dealkylation sites (N-methyl/N-ethyl adjacent to an activating group) is 1. The summed E-state index contributed by atoms with van der Waals surface area (Å²) in [5.74, 6) is -0.137. The fourth-order valence-corrected chi connectivity index (χ4v) is 2.98. The third-order valence-corrected chi connectivity index (χ3v) is 4.73. The minimum absolute atomic E-state index is 0.137. The molecule has 1 N–H and O–H groups in total. The molecule has 1 unspecified atom stereocenters. The van der Waals surface area contributed by atoms with Gasteiger partial charge >= 0.3 is 5.97 Å². The summed E-state index contributed by atoms with van der Waals surface area (Å²) in [5, 5.41) is 3.46. The van der Waals surface area contributed by atoms with Crippen molar-refractivity contribution in [1.82, 2.24) is 15.1 Å². The number of likely N-dealkylation sites (tertiary alicyclic amines) is 1. The fraction of sp³-hybridized carbons (Fsp3) is 0.938. The maximum Gasteiger partial charge on any atom is 0.325 e. The molecule has 1 aliphatic heterocycles. The molecule has 0 aromatic rings. The lowest BCUT2D eigenvalue weighted by molar-refractivity contribution is -0.148. The van der Waals surface area contributed by atoms with E-state index < -0.39 is 5.54 Å². The summed E-state index contributed by atoms with van der Waals surface area (Å²) in [4.78, 5) is 16.9. The van der Waals surface area contributed by atoms with Crippen LogP contribution >= 0.6 is 0 Å². The second kappa shape index (κ2) is 7.56. The number of carbonyl (C=O) groups is 1. The fourth-order valence-electron chi connectivity index (χ4n) is 2.98. The molecule has 0 spiro atoms. The van der Waals surface area contributed by atoms with E-state index in [1.165, 1.54) is 45.9 Å². The zero-order valence-electron chi connectivity index (χ0n) is 13.9. The maximum absolute atomic E-state index is 12.1. The van der Waals surface area contributed by atoms with Gasteiger partial charge in [0.05, 0.1) is 7.11 Å². The van der Waals surface area contributed by atoms with Crippen LogP contribution in [0.15, 0.2) is 0 Å². The minimum Gasteiger partial charge on any atom is -0.468 e. The molecule has 5 heteroatoms. The van der Waals surface area contributed by atoms with Crippen molar-refractivity contribution in [1.29, 1.82) is 0 Å². The first kappa shape index (κ1) is 16.7. The van der Waals surface area contributed by atoms with E-state index in [2.05, 4.69) is 22.2 Å². The van der Waals surface area contributed by atoms with Gasteiger partial charge < -0.3 is 14.5 Å². The number of rotatable bonds is 9. The molecular formula is C16H31N3O2. The molecule has 0 bridgehead atoms. The summed E-state index contributed by atoms with van der Waals surface area (Å²) in [6, 6.07) is 0.504. The van der Waals surface area contributed by atoms with Gasteiger partial charge in [-0.1, -0.05) is 0 Å². The summed E-state index contributed by atoms with van der Waals surface area (Å²) < 4.78 is 4.99. The first-order chi connectivity index (χ1) is 10.0. The Hall–Kier alpha value is -0.650. The molecule has 1 saturated carbocycles. The van der Waals surface area contributed by atoms with E-state index in [0.29, 0.717) is 6.04 Å². The number of ether oxygens (including phenoxy) is 1. The van der Waals surface area contributed by atoms with Crippen molar-refractivity contribution < 1.29 is 9.53 Å². The summed E-state index contributed by atoms with van der Waals surface area (Å²) in [6.07, 6.45) is 5.84. The number of methoxy groups -OCH3 is 1. The van der Waals surface area contributed by atoms with Crippen LogP contribution in [-0.2, 0) is 9.53 Å². The van der Waals surface area contributed by atoms with Crippen LogP contribution in [0.3, 0.4) is 0 Å². The highest BCUT2D eigenvalue weighted by atomic mass is 16.5. The van der Waals surface area contributed by atoms with Crippen molar-refractivity contribution in [3.63, 3.8) is 0 Å². The van der Waals surface area contributed by atoms with Crippen LogP contribution in [0.5, 0.6) is 0 Å². The van der Waals surface area contributed by atoms with Gasteiger partial charge in [-0.15, -0.1) is 0 Å². The number of nitrogens with zero attached hydrogens (tertiary/aromatic N) is 2. The normalized spacial score (nSPS) is 22.5. The largest absolute Gasteiger partial charge is 0.468 e. The van der Waals surface area contributed by atoms with E-state index in [4.69, 9.17) is 4.74 Å². The van der Waals surface area contributed by atoms with Crippen LogP contribution in [0.4, 0.5) is 0 Å². The zero-order chi connectivity index (χ0) is 15.3. The topological polar surface area (TPSA) is 44.8 Å². The van der Waals surface area contributed by atoms with Crippen LogP contribution in [0, 0.1) is 0 Å². The van der Waals surface area contributed by atoms with Crippen LogP contribution in [0.2, 0.25) is 0 Å². The van der Waals surface area contributed by atoms with E-state index in [1.807, 2.05) is 6.92 Å². The second-order valence-electron chi connectivity index (χ2n) is 6.84. The molecule has 5 nitrogen and oxygen atoms in total. The lowest BCUT2D eigenvalue weighted by atomic mass is 9.97. The van der Waals surface area contributed by atoms with Crippen LogP contribution in [0.1, 0.15) is 39.0 Å². The van der Waals surface area contributed by atoms with E-state index in [-0.39, 0.29) is 5.97 Å². The number of nitrogens with one attached hydrogen (secondary N) is 1. The summed E-state index contributed by atoms with van der Waals surface area (Å²) in [7, 11) is 3.62. The van der Waals surface area contributed by atoms with Gasteiger partial charge in [0, 0.05) is 25.7 Å². The highest BCUT2D eigenvalue weighted by Crippen LogP contribution is 2.25. The Morgan fingerprint density at radius 3 is 2.57 bits per heavy atom. The van der Waals surface area contributed by atoms with E-state index >= 15 is 0 Å². The van der Waals surface area contributed by atoms with Crippen LogP contribution in [0.25, 0.3) is 0 Å². The maximum atomic E-state index is 12.1. The van der Waals surface area contributed by atoms with E-state index in [9.17, 15) is 4.79 Å². The lowest BCUT2D eigenvalue weighted by Gasteiger charge is -2.30. The first-order valence-electron chi connectivity index (χ1n) is 8.30. The monoisotopic (exact) mass is 297 g/mol. The smallest absolute Gasteiger partial charge is 0.325 e. The van der Waals surface area contributed by atoms with Crippen molar-refractivity contribution >= 4 is 5.97 Å². The van der Waals surface area contributed by atoms with Gasteiger partial charge in [0.15, 0.2) is 0 Å². The number of hydrogen-bond acceptors (Lipinski definition) is 5. The number of esters is 1. The van der Waals surface area contributed by atoms with Gasteiger partial charge in [0.25, 0.3) is 0 Å². The number of carbonyl (C=O) groups excluding carboxylic acids is 1. The molecular weight excluding hydrogens is 266 g/mol. The molecule has 21 heavy (non-hydrogen) atoms. The molecule has 1 atom stereocenters. The van der Waals surface area contributed by atoms with E-state index in [1.54, 1.807) is 0 Å². The molecule has 2 fully saturated rings. The quantitative estimate of drug-likeness (QED) is 0.646. The van der Waals surface area contributed by atoms with E-state index in [0.717, 1.165) is 26.1 Å². The van der Waals surface area contributed by atoms with Gasteiger partial charge in [-0.2, -0.15) is 0 Å². The Morgan fingerprint density at radius 2 is 2.00 bits per heavy atom. The second-order valence-corrected chi connectivity index (χ2v) is 6.84. The van der Waals surface area contributed by atoms with Gasteiger partial charge in [0.1, 0.15) is 5.54 Å². The SMILES string of the molecule is COC(=O)C(C)(CCN(C)CCN1CCCC1)NC1CC1. The Balaban J connectivity index is 1.72. The third-order valence-electron chi connectivity index (χ3n) is 4.73. The molecule has 2 aliphatic rings. The molecule has 1 aliphatic carbocycles. The van der Waals surface area contributed by atoms with Crippen LogP contribution in [-0.4, -0.2) is 74.2 Å². The predicted molar refractivity (Wildman–Crippen MR) is 84.4 cm³/mol. The Kier molecular flexibility index (Phi) is 6.02. The summed E-state index contributed by atoms with van der Waals surface area (Å²) >= 11 is 0. The molecule has 2 rings (SSSR count). The van der Waals surface area contributed by atoms with Gasteiger partial charge in [-0.3, -0.25) is 10.1 Å². The molecule has 1 heterocycles. The molecule has 0 aromatic carbocycles. The van der Waals surface area contributed by atoms with Crippen molar-refractivity contribution in [2.24, 2.45) is 0 Å². The standard InChI is InChI=1S/C16H31N3O2/c1-16(15(20)21-3,17-14-6-7-14)8-11-18(2)12-13-19-9-4-5-10-19/h14,17H,4-13H2,1-3H3. The highest BCUT2D eigenvalue weighted by Gasteiger charge is 2.39. The first-order valence-corrected chi connectivity index (χ1v) is 8.30. The molecule has 0 aromatic heterocycles. The van der Waals surface area contributed by atoms with Crippen molar-refractivity contribution in [3.8, 4) is 0 Å². The lowest BCUT2D eigenvalue weighted by Crippen LogP contribution is -2.53. The molecule has 122 valence electrons. The van der Waals surface area contributed by atoms with Gasteiger partial charge in [-0.05, 0) is 59.2 Å². The molecule has 0 radical (unpaired) electrons. The van der Waals surface area contributed by atoms with Gasteiger partial charge in [-0.25, -0.2) is 0 Å². The van der Waals surface area contributed by atoms with Crippen LogP contribution < -0.4 is 5.32 Å². The van der Waals surface area contributed by atoms with Crippen molar-refractivity contribution in [3.05, 3.63) is 0 Å². The molecule has 0 amide bonds. The number of hydrogen-bond donors (Lipinski definition) is 1. The summed E-state index contributed by atoms with van der Waals surface area (Å²) in [6.45, 7) is 7.60. The van der Waals surface area contributed by atoms with Crippen molar-refractivity contribution in [2.75, 3.05) is 46.9 Å². The average molecular weight is 297 g/mol. The predicted octanol–water partition coefficient (Wildman–Crippen LogP) is 1.09. The molecule has 1 saturated heterocycles.